The number of hydrogen-bond donors (Lipinski definition) is 3. The summed E-state index contributed by atoms with van der Waals surface area (Å²) in [6.07, 6.45) is 0.460. The lowest BCUT2D eigenvalue weighted by Crippen LogP contribution is -2.40. The molecule has 156 valence electrons. The summed E-state index contributed by atoms with van der Waals surface area (Å²) in [4.78, 5) is 16.3. The number of nitrogens with one attached hydrogen (secondary N) is 3. The maximum Gasteiger partial charge on any atom is 0.414 e. The molecule has 0 heterocycles. The molecule has 2 aromatic carbocycles. The molecular weight excluding hydrogens is 364 g/mol. The third kappa shape index (κ3) is 9.25. The van der Waals surface area contributed by atoms with Crippen molar-refractivity contribution in [3.8, 4) is 0 Å². The number of carbonyl (C=O) groups excluding carboxylic acids is 1. The van der Waals surface area contributed by atoms with Gasteiger partial charge in [0.05, 0.1) is 0 Å². The highest BCUT2D eigenvalue weighted by atomic mass is 16.6. The molecule has 0 fully saturated rings. The Morgan fingerprint density at radius 3 is 2.45 bits per heavy atom. The maximum absolute atomic E-state index is 12.0. The summed E-state index contributed by atoms with van der Waals surface area (Å²) in [6, 6.07) is 18.5. The molecule has 0 aliphatic carbocycles. The number of benzene rings is 2. The summed E-state index contributed by atoms with van der Waals surface area (Å²) in [5.41, 5.74) is 2.77. The highest BCUT2D eigenvalue weighted by Crippen LogP contribution is 2.11. The zero-order valence-electron chi connectivity index (χ0n) is 17.8. The second-order valence-corrected chi connectivity index (χ2v) is 7.69. The first-order chi connectivity index (χ1) is 13.9. The van der Waals surface area contributed by atoms with E-state index in [4.69, 9.17) is 4.74 Å². The first-order valence-corrected chi connectivity index (χ1v) is 10.0. The Labute approximate surface area is 173 Å². The smallest absolute Gasteiger partial charge is 0.414 e. The van der Waals surface area contributed by atoms with Crippen LogP contribution in [-0.2, 0) is 17.7 Å². The molecule has 0 saturated carbocycles. The molecule has 1 amide bonds. The Morgan fingerprint density at radius 1 is 1.03 bits per heavy atom. The number of anilines is 1. The lowest BCUT2D eigenvalue weighted by Gasteiger charge is -2.20. The van der Waals surface area contributed by atoms with E-state index in [0.29, 0.717) is 12.5 Å². The molecule has 3 N–H and O–H groups in total. The maximum atomic E-state index is 12.0. The Hall–Kier alpha value is -2.86. The van der Waals surface area contributed by atoms with Crippen LogP contribution in [0.15, 0.2) is 59.6 Å². The second-order valence-electron chi connectivity index (χ2n) is 7.69. The molecule has 0 saturated heterocycles. The molecule has 2 aromatic rings. The number of alkyl carbamates (subject to hydrolysis) is 1. The standard InChI is InChI=1S/C23H32N4O2/c1-5-25-21(27-22(28)29-23(2,3)4)26-20-13-9-12-19(16-20)17-24-15-14-18-10-7-6-8-11-18/h6-13,16,24H,5,14-15,17H2,1-4H3,(H2,25,26,27,28). The number of amides is 1. The van der Waals surface area contributed by atoms with Crippen LogP contribution in [0.1, 0.15) is 38.8 Å². The predicted molar refractivity (Wildman–Crippen MR) is 119 cm³/mol. The van der Waals surface area contributed by atoms with E-state index in [9.17, 15) is 4.79 Å². The van der Waals surface area contributed by atoms with Crippen molar-refractivity contribution < 1.29 is 9.53 Å². The normalized spacial score (nSPS) is 11.8. The Kier molecular flexibility index (Phi) is 8.68. The van der Waals surface area contributed by atoms with Gasteiger partial charge < -0.3 is 15.4 Å². The molecule has 6 heteroatoms. The van der Waals surface area contributed by atoms with E-state index >= 15 is 0 Å². The van der Waals surface area contributed by atoms with Crippen molar-refractivity contribution in [2.75, 3.05) is 18.4 Å². The third-order valence-corrected chi connectivity index (χ3v) is 3.89. The fraction of sp³-hybridized carbons (Fsp3) is 0.391. The quantitative estimate of drug-likeness (QED) is 0.370. The molecule has 0 atom stereocenters. The predicted octanol–water partition coefficient (Wildman–Crippen LogP) is 4.33. The summed E-state index contributed by atoms with van der Waals surface area (Å²) in [7, 11) is 0. The summed E-state index contributed by atoms with van der Waals surface area (Å²) in [6.45, 7) is 9.59. The van der Waals surface area contributed by atoms with Crippen LogP contribution in [0, 0.1) is 0 Å². The first-order valence-electron chi connectivity index (χ1n) is 10.0. The van der Waals surface area contributed by atoms with Gasteiger partial charge in [0.15, 0.2) is 0 Å². The van der Waals surface area contributed by atoms with Crippen LogP contribution in [0.3, 0.4) is 0 Å². The fourth-order valence-corrected chi connectivity index (χ4v) is 2.67. The van der Waals surface area contributed by atoms with Crippen molar-refractivity contribution >= 4 is 17.7 Å². The average Bonchev–Trinajstić information content (AvgIpc) is 2.65. The molecule has 0 radical (unpaired) electrons. The van der Waals surface area contributed by atoms with Crippen molar-refractivity contribution in [2.45, 2.75) is 46.3 Å². The van der Waals surface area contributed by atoms with Gasteiger partial charge in [-0.05, 0) is 63.9 Å². The monoisotopic (exact) mass is 396 g/mol. The van der Waals surface area contributed by atoms with Gasteiger partial charge in [0.25, 0.3) is 0 Å². The van der Waals surface area contributed by atoms with Crippen LogP contribution in [-0.4, -0.2) is 30.7 Å². The number of rotatable bonds is 7. The lowest BCUT2D eigenvalue weighted by atomic mass is 10.1. The number of aliphatic imine (C=N–C) groups is 1. The molecule has 0 unspecified atom stereocenters. The lowest BCUT2D eigenvalue weighted by molar-refractivity contribution is 0.0563. The fourth-order valence-electron chi connectivity index (χ4n) is 2.67. The molecule has 0 aromatic heterocycles. The van der Waals surface area contributed by atoms with Gasteiger partial charge in [-0.25, -0.2) is 4.79 Å². The third-order valence-electron chi connectivity index (χ3n) is 3.89. The number of guanidine groups is 1. The topological polar surface area (TPSA) is 74.8 Å². The van der Waals surface area contributed by atoms with Gasteiger partial charge >= 0.3 is 6.09 Å². The van der Waals surface area contributed by atoms with Gasteiger partial charge in [0, 0.05) is 18.8 Å². The van der Waals surface area contributed by atoms with E-state index in [0.717, 1.165) is 30.8 Å². The van der Waals surface area contributed by atoms with Gasteiger partial charge in [-0.1, -0.05) is 42.5 Å². The Balaban J connectivity index is 1.87. The van der Waals surface area contributed by atoms with Crippen LogP contribution in [0.4, 0.5) is 10.5 Å². The number of hydrogen-bond acceptors (Lipinski definition) is 4. The van der Waals surface area contributed by atoms with Gasteiger partial charge in [0.2, 0.25) is 5.96 Å². The first kappa shape index (κ1) is 22.4. The molecular formula is C23H32N4O2. The average molecular weight is 397 g/mol. The van der Waals surface area contributed by atoms with Crippen LogP contribution in [0.5, 0.6) is 0 Å². The summed E-state index contributed by atoms with van der Waals surface area (Å²) in [5.74, 6) is 0.371. The van der Waals surface area contributed by atoms with Crippen LogP contribution in [0.2, 0.25) is 0 Å². The second kappa shape index (κ2) is 11.2. The van der Waals surface area contributed by atoms with E-state index in [1.165, 1.54) is 5.56 Å². The van der Waals surface area contributed by atoms with Crippen molar-refractivity contribution in [1.82, 2.24) is 10.6 Å². The molecule has 0 spiro atoms. The van der Waals surface area contributed by atoms with Gasteiger partial charge in [-0.15, -0.1) is 0 Å². The Bertz CT molecular complexity index is 798. The minimum Gasteiger partial charge on any atom is -0.444 e. The van der Waals surface area contributed by atoms with E-state index in [2.05, 4.69) is 51.3 Å². The molecule has 0 bridgehead atoms. The van der Waals surface area contributed by atoms with Gasteiger partial charge in [-0.2, -0.15) is 0 Å². The highest BCUT2D eigenvalue weighted by Gasteiger charge is 2.17. The highest BCUT2D eigenvalue weighted by molar-refractivity contribution is 6.02. The van der Waals surface area contributed by atoms with Crippen molar-refractivity contribution in [2.24, 2.45) is 4.99 Å². The number of nitrogens with zero attached hydrogens (tertiary/aromatic N) is 1. The minimum absolute atomic E-state index is 0.371. The summed E-state index contributed by atoms with van der Waals surface area (Å²) < 4.78 is 5.30. The van der Waals surface area contributed by atoms with E-state index < -0.39 is 11.7 Å². The molecule has 29 heavy (non-hydrogen) atoms. The van der Waals surface area contributed by atoms with E-state index in [-0.39, 0.29) is 0 Å². The summed E-state index contributed by atoms with van der Waals surface area (Å²) in [5, 5.41) is 9.30. The van der Waals surface area contributed by atoms with E-state index in [1.54, 1.807) is 0 Å². The number of ether oxygens (including phenoxy) is 1. The van der Waals surface area contributed by atoms with Crippen LogP contribution in [0.25, 0.3) is 0 Å². The number of carbonyl (C=O) groups is 1. The van der Waals surface area contributed by atoms with E-state index in [1.807, 2.05) is 52.0 Å². The molecule has 0 aliphatic heterocycles. The van der Waals surface area contributed by atoms with Gasteiger partial charge in [0.1, 0.15) is 5.60 Å². The van der Waals surface area contributed by atoms with Crippen LogP contribution >= 0.6 is 0 Å². The SMILES string of the molecule is CCN=C(NC(=O)OC(C)(C)C)Nc1cccc(CNCCc2ccccc2)c1. The van der Waals surface area contributed by atoms with Crippen molar-refractivity contribution in [1.29, 1.82) is 0 Å². The molecule has 6 nitrogen and oxygen atoms in total. The summed E-state index contributed by atoms with van der Waals surface area (Å²) >= 11 is 0. The largest absolute Gasteiger partial charge is 0.444 e. The Morgan fingerprint density at radius 2 is 1.76 bits per heavy atom. The molecule has 2 rings (SSSR count). The minimum atomic E-state index is -0.563. The zero-order valence-corrected chi connectivity index (χ0v) is 17.8. The van der Waals surface area contributed by atoms with Crippen molar-refractivity contribution in [3.05, 3.63) is 65.7 Å². The van der Waals surface area contributed by atoms with Crippen molar-refractivity contribution in [3.63, 3.8) is 0 Å². The zero-order chi connectivity index (χ0) is 21.1. The van der Waals surface area contributed by atoms with Crippen LogP contribution < -0.4 is 16.0 Å². The molecule has 0 aliphatic rings. The van der Waals surface area contributed by atoms with Gasteiger partial charge in [-0.3, -0.25) is 10.3 Å².